The molecule has 3 atom stereocenters. The Labute approximate surface area is 212 Å². The lowest BCUT2D eigenvalue weighted by Gasteiger charge is -2.50. The van der Waals surface area contributed by atoms with Gasteiger partial charge in [0.05, 0.1) is 17.4 Å². The van der Waals surface area contributed by atoms with Crippen molar-refractivity contribution in [3.8, 4) is 5.69 Å². The number of aryl methyl sites for hydroxylation is 1. The van der Waals surface area contributed by atoms with E-state index in [9.17, 15) is 22.7 Å². The average Bonchev–Trinajstić information content (AvgIpc) is 3.22. The summed E-state index contributed by atoms with van der Waals surface area (Å²) in [5.74, 6) is -0.673. The van der Waals surface area contributed by atoms with Crippen LogP contribution in [0.3, 0.4) is 0 Å². The molecule has 1 fully saturated rings. The van der Waals surface area contributed by atoms with E-state index in [1.807, 2.05) is 18.2 Å². The quantitative estimate of drug-likeness (QED) is 0.322. The van der Waals surface area contributed by atoms with Gasteiger partial charge in [0.15, 0.2) is 5.60 Å². The van der Waals surface area contributed by atoms with E-state index < -0.39 is 17.2 Å². The summed E-state index contributed by atoms with van der Waals surface area (Å²) in [4.78, 5) is 4.53. The van der Waals surface area contributed by atoms with Gasteiger partial charge in [-0.2, -0.15) is 18.3 Å². The minimum atomic E-state index is -4.67. The van der Waals surface area contributed by atoms with Gasteiger partial charge in [0.25, 0.3) is 0 Å². The van der Waals surface area contributed by atoms with E-state index in [1.165, 1.54) is 12.1 Å². The Morgan fingerprint density at radius 2 is 1.86 bits per heavy atom. The highest BCUT2D eigenvalue weighted by Crippen LogP contribution is 2.56. The first-order valence-corrected chi connectivity index (χ1v) is 12.6. The number of benzene rings is 2. The van der Waals surface area contributed by atoms with Gasteiger partial charge < -0.3 is 5.11 Å². The highest BCUT2D eigenvalue weighted by Gasteiger charge is 2.61. The Morgan fingerprint density at radius 3 is 2.59 bits per heavy atom. The molecule has 2 aliphatic carbocycles. The number of nitrogens with zero attached hydrogens (tertiary/aromatic N) is 3. The summed E-state index contributed by atoms with van der Waals surface area (Å²) in [6.45, 7) is 0. The molecular weight excluding hydrogens is 482 g/mol. The molecule has 0 amide bonds. The molecule has 0 spiro atoms. The number of rotatable bonds is 3. The first kappa shape index (κ1) is 24.1. The lowest BCUT2D eigenvalue weighted by Crippen LogP contribution is -2.55. The molecule has 1 saturated carbocycles. The molecule has 0 unspecified atom stereocenters. The van der Waals surface area contributed by atoms with Crippen LogP contribution < -0.4 is 0 Å². The van der Waals surface area contributed by atoms with Crippen molar-refractivity contribution < 1.29 is 22.7 Å². The summed E-state index contributed by atoms with van der Waals surface area (Å²) in [6.07, 6.45) is 0.926. The molecule has 2 aromatic heterocycles. The molecule has 0 saturated heterocycles. The van der Waals surface area contributed by atoms with E-state index in [-0.39, 0.29) is 31.0 Å². The van der Waals surface area contributed by atoms with Crippen LogP contribution in [0.15, 0.2) is 67.0 Å². The largest absolute Gasteiger partial charge is 0.417 e. The molecule has 192 valence electrons. The van der Waals surface area contributed by atoms with Crippen LogP contribution in [0.25, 0.3) is 16.6 Å². The molecule has 8 heteroatoms. The van der Waals surface area contributed by atoms with Gasteiger partial charge in [0.1, 0.15) is 5.82 Å². The van der Waals surface area contributed by atoms with Crippen molar-refractivity contribution in [2.24, 2.45) is 5.92 Å². The fourth-order valence-corrected chi connectivity index (χ4v) is 6.60. The lowest BCUT2D eigenvalue weighted by molar-refractivity contribution is -0.279. The number of hydrogen-bond acceptors (Lipinski definition) is 3. The van der Waals surface area contributed by atoms with E-state index in [1.54, 1.807) is 29.2 Å². The van der Waals surface area contributed by atoms with Crippen LogP contribution in [-0.4, -0.2) is 31.6 Å². The van der Waals surface area contributed by atoms with Gasteiger partial charge in [-0.3, -0.25) is 4.98 Å². The molecule has 4 nitrogen and oxygen atoms in total. The molecule has 2 heterocycles. The second-order valence-corrected chi connectivity index (χ2v) is 10.6. The first-order valence-electron chi connectivity index (χ1n) is 12.6. The Kier molecular flexibility index (Phi) is 5.64. The third-order valence-electron chi connectivity index (χ3n) is 8.50. The van der Waals surface area contributed by atoms with Crippen LogP contribution in [0, 0.1) is 11.7 Å². The molecule has 0 bridgehead atoms. The van der Waals surface area contributed by atoms with Crippen LogP contribution in [0.5, 0.6) is 0 Å². The topological polar surface area (TPSA) is 50.9 Å². The molecule has 6 rings (SSSR count). The highest BCUT2D eigenvalue weighted by molar-refractivity contribution is 5.82. The summed E-state index contributed by atoms with van der Waals surface area (Å²) in [7, 11) is 0. The van der Waals surface area contributed by atoms with Gasteiger partial charge in [-0.15, -0.1) is 0 Å². The van der Waals surface area contributed by atoms with Crippen molar-refractivity contribution in [3.05, 3.63) is 89.6 Å². The van der Waals surface area contributed by atoms with Gasteiger partial charge in [0, 0.05) is 22.7 Å². The first-order chi connectivity index (χ1) is 17.7. The Bertz CT molecular complexity index is 1430. The molecule has 2 aromatic carbocycles. The number of fused-ring (bicyclic) bond motifs is 4. The number of aliphatic hydroxyl groups is 1. The fraction of sp³-hybridized carbons (Fsp3) is 0.379. The van der Waals surface area contributed by atoms with Crippen LogP contribution in [0.1, 0.15) is 48.9 Å². The average molecular weight is 510 g/mol. The number of alkyl halides is 3. The van der Waals surface area contributed by atoms with Crippen LogP contribution in [0.2, 0.25) is 0 Å². The number of hydrogen-bond donors (Lipinski definition) is 1. The Hall–Kier alpha value is -3.26. The number of aromatic nitrogens is 3. The van der Waals surface area contributed by atoms with Gasteiger partial charge in [-0.05, 0) is 111 Å². The van der Waals surface area contributed by atoms with Crippen LogP contribution >= 0.6 is 0 Å². The zero-order valence-electron chi connectivity index (χ0n) is 20.2. The van der Waals surface area contributed by atoms with E-state index in [2.05, 4.69) is 22.2 Å². The summed E-state index contributed by atoms with van der Waals surface area (Å²) in [6, 6.07) is 15.9. The molecule has 37 heavy (non-hydrogen) atoms. The molecule has 2 aliphatic rings. The van der Waals surface area contributed by atoms with E-state index in [0.29, 0.717) is 12.8 Å². The molecule has 0 radical (unpaired) electrons. The Balaban J connectivity index is 1.50. The molecule has 1 N–H and O–H groups in total. The molecule has 0 aliphatic heterocycles. The Morgan fingerprint density at radius 1 is 1.05 bits per heavy atom. The summed E-state index contributed by atoms with van der Waals surface area (Å²) >= 11 is 0. The third kappa shape index (κ3) is 4.02. The maximum absolute atomic E-state index is 13.9. The van der Waals surface area contributed by atoms with Crippen molar-refractivity contribution in [2.75, 3.05) is 0 Å². The molecular formula is C29H27F4N3O. The smallest absolute Gasteiger partial charge is 0.380 e. The number of halogens is 4. The van der Waals surface area contributed by atoms with E-state index >= 15 is 0 Å². The predicted octanol–water partition coefficient (Wildman–Crippen LogP) is 6.47. The van der Waals surface area contributed by atoms with E-state index in [0.717, 1.165) is 46.3 Å². The maximum Gasteiger partial charge on any atom is 0.417 e. The number of pyridine rings is 1. The van der Waals surface area contributed by atoms with Gasteiger partial charge in [-0.25, -0.2) is 9.07 Å². The van der Waals surface area contributed by atoms with Gasteiger partial charge in [-0.1, -0.05) is 6.07 Å². The van der Waals surface area contributed by atoms with E-state index in [4.69, 9.17) is 0 Å². The normalized spacial score (nSPS) is 25.9. The summed E-state index contributed by atoms with van der Waals surface area (Å²) in [5.41, 5.74) is 1.32. The predicted molar refractivity (Wildman–Crippen MR) is 132 cm³/mol. The van der Waals surface area contributed by atoms with Crippen LogP contribution in [0.4, 0.5) is 17.6 Å². The van der Waals surface area contributed by atoms with Crippen molar-refractivity contribution in [1.29, 1.82) is 0 Å². The van der Waals surface area contributed by atoms with Crippen LogP contribution in [-0.2, 0) is 18.3 Å². The highest BCUT2D eigenvalue weighted by atomic mass is 19.4. The van der Waals surface area contributed by atoms with Crippen molar-refractivity contribution in [3.63, 3.8) is 0 Å². The van der Waals surface area contributed by atoms with Crippen molar-refractivity contribution in [1.82, 2.24) is 14.8 Å². The lowest BCUT2D eigenvalue weighted by atomic mass is 9.56. The fourth-order valence-electron chi connectivity index (χ4n) is 6.60. The maximum atomic E-state index is 13.9. The van der Waals surface area contributed by atoms with Gasteiger partial charge >= 0.3 is 6.18 Å². The SMILES string of the molecule is O[C@]1(C(F)(F)F)CC[C@]2(Cc3ccccn3)c3cc4cnn(-c5ccc(F)cc5)c4cc3CCC[C@@H]2C1. The van der Waals surface area contributed by atoms with Gasteiger partial charge in [0.2, 0.25) is 0 Å². The second kappa shape index (κ2) is 8.65. The third-order valence-corrected chi connectivity index (χ3v) is 8.50. The monoisotopic (exact) mass is 509 g/mol. The zero-order chi connectivity index (χ0) is 25.8. The minimum Gasteiger partial charge on any atom is -0.380 e. The second-order valence-electron chi connectivity index (χ2n) is 10.6. The standard InChI is InChI=1S/C29H27F4N3O/c30-22-7-9-24(10-8-22)36-26-15-19-4-3-5-21-16-28(37,29(31,32)33)12-11-27(21,17-23-6-1-2-13-34-23)25(19)14-20(26)18-35-36/h1-2,6-10,13-15,18,21,37H,3-5,11-12,16-17H2/t21-,27-,28-/m1/s1. The summed E-state index contributed by atoms with van der Waals surface area (Å²) in [5, 5.41) is 16.1. The minimum absolute atomic E-state index is 0.217. The zero-order valence-corrected chi connectivity index (χ0v) is 20.2. The summed E-state index contributed by atoms with van der Waals surface area (Å²) < 4.78 is 57.1. The molecule has 4 aromatic rings. The van der Waals surface area contributed by atoms with Crippen molar-refractivity contribution in [2.45, 2.75) is 62.1 Å². The van der Waals surface area contributed by atoms with Crippen molar-refractivity contribution >= 4 is 10.9 Å².